The largest absolute Gasteiger partial charge is 0.455 e. The van der Waals surface area contributed by atoms with Crippen molar-refractivity contribution in [3.05, 3.63) is 85.7 Å². The molecule has 0 aliphatic heterocycles. The minimum absolute atomic E-state index is 0.237. The maximum atomic E-state index is 12.9. The van der Waals surface area contributed by atoms with Gasteiger partial charge < -0.3 is 9.73 Å². The first-order valence-corrected chi connectivity index (χ1v) is 11.3. The van der Waals surface area contributed by atoms with Gasteiger partial charge in [0.05, 0.1) is 11.3 Å². The van der Waals surface area contributed by atoms with Gasteiger partial charge in [-0.05, 0) is 72.4 Å². The Morgan fingerprint density at radius 3 is 2.59 bits per heavy atom. The lowest BCUT2D eigenvalue weighted by Crippen LogP contribution is -2.22. The number of halogens is 2. The Morgan fingerprint density at radius 1 is 1.03 bits per heavy atom. The van der Waals surface area contributed by atoms with E-state index in [1.165, 1.54) is 0 Å². The summed E-state index contributed by atoms with van der Waals surface area (Å²) in [5.74, 6) is 0.281. The summed E-state index contributed by atoms with van der Waals surface area (Å²) in [5, 5.41) is 7.83. The number of rotatable bonds is 4. The average molecular weight is 515 g/mol. The van der Waals surface area contributed by atoms with Crippen LogP contribution in [0.4, 0.5) is 5.69 Å². The Kier molecular flexibility index (Phi) is 6.48. The second kappa shape index (κ2) is 9.30. The van der Waals surface area contributed by atoms with Crippen LogP contribution in [0.1, 0.15) is 56.2 Å². The molecule has 6 nitrogen and oxygen atoms in total. The maximum absolute atomic E-state index is 12.9. The van der Waals surface area contributed by atoms with Crippen molar-refractivity contribution in [3.8, 4) is 0 Å². The standard InChI is InChI=1S/C24H21BrClN3O3/c1-13-17(26)9-5-10-18(13)27-24(31)22-14(2)21-19(11-6-12-20(21)32-22)28-29-23(30)15-7-3-4-8-16(15)25/h3-5,7-10H,6,11-12H2,1-2H3,(H,27,31)(H,29,30)/b28-19+. The Hall–Kier alpha value is -2.90. The van der Waals surface area contributed by atoms with Gasteiger partial charge in [-0.15, -0.1) is 0 Å². The van der Waals surface area contributed by atoms with E-state index in [2.05, 4.69) is 31.8 Å². The number of carbonyl (C=O) groups is 2. The number of aryl methyl sites for hydroxylation is 1. The molecule has 1 aliphatic rings. The fourth-order valence-electron chi connectivity index (χ4n) is 3.74. The summed E-state index contributed by atoms with van der Waals surface area (Å²) in [6.07, 6.45) is 2.20. The average Bonchev–Trinajstić information content (AvgIpc) is 3.13. The van der Waals surface area contributed by atoms with E-state index in [0.29, 0.717) is 50.6 Å². The number of nitrogens with one attached hydrogen (secondary N) is 2. The SMILES string of the molecule is Cc1c(Cl)cccc1NC(=O)c1oc2c(c1C)/C(=N/NC(=O)c1ccccc1Br)CCC2. The third-order valence-corrected chi connectivity index (χ3v) is 6.56. The Bertz CT molecular complexity index is 1250. The van der Waals surface area contributed by atoms with Gasteiger partial charge >= 0.3 is 0 Å². The number of nitrogens with zero attached hydrogens (tertiary/aromatic N) is 1. The number of hydrogen-bond acceptors (Lipinski definition) is 4. The summed E-state index contributed by atoms with van der Waals surface area (Å²) in [4.78, 5) is 25.5. The molecule has 1 aliphatic carbocycles. The first kappa shape index (κ1) is 22.3. The first-order chi connectivity index (χ1) is 15.4. The molecule has 2 amide bonds. The number of furan rings is 1. The molecule has 0 saturated carbocycles. The van der Waals surface area contributed by atoms with Crippen LogP contribution in [0.5, 0.6) is 0 Å². The van der Waals surface area contributed by atoms with E-state index < -0.39 is 0 Å². The number of hydrazone groups is 1. The third-order valence-electron chi connectivity index (χ3n) is 5.46. The van der Waals surface area contributed by atoms with Gasteiger partial charge in [0.15, 0.2) is 5.76 Å². The molecular weight excluding hydrogens is 494 g/mol. The molecular formula is C24H21BrClN3O3. The molecule has 0 spiro atoms. The molecule has 0 fully saturated rings. The fraction of sp³-hybridized carbons (Fsp3) is 0.208. The summed E-state index contributed by atoms with van der Waals surface area (Å²) in [6.45, 7) is 3.68. The lowest BCUT2D eigenvalue weighted by molar-refractivity contribution is 0.0952. The predicted molar refractivity (Wildman–Crippen MR) is 129 cm³/mol. The van der Waals surface area contributed by atoms with E-state index in [4.69, 9.17) is 16.0 Å². The number of hydrogen-bond donors (Lipinski definition) is 2. The van der Waals surface area contributed by atoms with Gasteiger partial charge in [-0.1, -0.05) is 29.8 Å². The van der Waals surface area contributed by atoms with E-state index in [1.807, 2.05) is 19.9 Å². The topological polar surface area (TPSA) is 83.7 Å². The minimum Gasteiger partial charge on any atom is -0.455 e. The third kappa shape index (κ3) is 4.36. The Labute approximate surface area is 199 Å². The zero-order valence-corrected chi connectivity index (χ0v) is 19.9. The molecule has 0 bridgehead atoms. The van der Waals surface area contributed by atoms with Crippen LogP contribution in [0.2, 0.25) is 5.02 Å². The van der Waals surface area contributed by atoms with Crippen molar-refractivity contribution >= 4 is 50.7 Å². The second-order valence-electron chi connectivity index (χ2n) is 7.55. The van der Waals surface area contributed by atoms with E-state index >= 15 is 0 Å². The maximum Gasteiger partial charge on any atom is 0.291 e. The number of carbonyl (C=O) groups excluding carboxylic acids is 2. The molecule has 2 aromatic carbocycles. The normalized spacial score (nSPS) is 14.2. The van der Waals surface area contributed by atoms with Crippen molar-refractivity contribution in [3.63, 3.8) is 0 Å². The van der Waals surface area contributed by atoms with E-state index in [0.717, 1.165) is 17.5 Å². The van der Waals surface area contributed by atoms with Gasteiger partial charge in [0, 0.05) is 32.7 Å². The van der Waals surface area contributed by atoms with Crippen LogP contribution in [0.25, 0.3) is 0 Å². The van der Waals surface area contributed by atoms with Crippen LogP contribution in [-0.4, -0.2) is 17.5 Å². The first-order valence-electron chi connectivity index (χ1n) is 10.2. The minimum atomic E-state index is -0.348. The molecule has 1 aromatic heterocycles. The van der Waals surface area contributed by atoms with Gasteiger partial charge in [0.1, 0.15) is 5.76 Å². The molecule has 32 heavy (non-hydrogen) atoms. The monoisotopic (exact) mass is 513 g/mol. The zero-order valence-electron chi connectivity index (χ0n) is 17.6. The van der Waals surface area contributed by atoms with Crippen LogP contribution in [-0.2, 0) is 6.42 Å². The number of amides is 2. The summed E-state index contributed by atoms with van der Waals surface area (Å²) in [7, 11) is 0. The molecule has 0 radical (unpaired) electrons. The molecule has 1 heterocycles. The van der Waals surface area contributed by atoms with Crippen molar-refractivity contribution in [2.24, 2.45) is 5.10 Å². The predicted octanol–water partition coefficient (Wildman–Crippen LogP) is 6.04. The van der Waals surface area contributed by atoms with Gasteiger partial charge in [0.2, 0.25) is 0 Å². The molecule has 0 atom stereocenters. The van der Waals surface area contributed by atoms with E-state index in [-0.39, 0.29) is 17.6 Å². The van der Waals surface area contributed by atoms with Gasteiger partial charge in [-0.2, -0.15) is 5.10 Å². The summed E-state index contributed by atoms with van der Waals surface area (Å²) in [6, 6.07) is 12.5. The summed E-state index contributed by atoms with van der Waals surface area (Å²) in [5.41, 5.74) is 6.73. The smallest absolute Gasteiger partial charge is 0.291 e. The van der Waals surface area contributed by atoms with Gasteiger partial charge in [-0.25, -0.2) is 5.43 Å². The zero-order chi connectivity index (χ0) is 22.8. The highest BCUT2D eigenvalue weighted by molar-refractivity contribution is 9.10. The van der Waals surface area contributed by atoms with Crippen molar-refractivity contribution < 1.29 is 14.0 Å². The quantitative estimate of drug-likeness (QED) is 0.417. The molecule has 2 N–H and O–H groups in total. The van der Waals surface area contributed by atoms with Crippen LogP contribution in [0.3, 0.4) is 0 Å². The van der Waals surface area contributed by atoms with Crippen LogP contribution in [0.15, 0.2) is 56.5 Å². The lowest BCUT2D eigenvalue weighted by atomic mass is 9.93. The molecule has 164 valence electrons. The highest BCUT2D eigenvalue weighted by atomic mass is 79.9. The highest BCUT2D eigenvalue weighted by Gasteiger charge is 2.28. The van der Waals surface area contributed by atoms with E-state index in [1.54, 1.807) is 36.4 Å². The summed E-state index contributed by atoms with van der Waals surface area (Å²) >= 11 is 9.54. The number of benzene rings is 2. The molecule has 0 unspecified atom stereocenters. The van der Waals surface area contributed by atoms with Crippen molar-refractivity contribution in [1.29, 1.82) is 0 Å². The Balaban J connectivity index is 1.59. The second-order valence-corrected chi connectivity index (χ2v) is 8.82. The summed E-state index contributed by atoms with van der Waals surface area (Å²) < 4.78 is 6.63. The van der Waals surface area contributed by atoms with Crippen LogP contribution in [0, 0.1) is 13.8 Å². The molecule has 4 rings (SSSR count). The van der Waals surface area contributed by atoms with Crippen molar-refractivity contribution in [2.75, 3.05) is 5.32 Å². The number of fused-ring (bicyclic) bond motifs is 1. The fourth-order valence-corrected chi connectivity index (χ4v) is 4.38. The highest BCUT2D eigenvalue weighted by Crippen LogP contribution is 2.31. The van der Waals surface area contributed by atoms with Crippen LogP contribution < -0.4 is 10.7 Å². The molecule has 0 saturated heterocycles. The number of anilines is 1. The van der Waals surface area contributed by atoms with Crippen LogP contribution >= 0.6 is 27.5 Å². The Morgan fingerprint density at radius 2 is 1.81 bits per heavy atom. The van der Waals surface area contributed by atoms with Crippen molar-refractivity contribution in [2.45, 2.75) is 33.1 Å². The lowest BCUT2D eigenvalue weighted by Gasteiger charge is -2.13. The molecule has 8 heteroatoms. The molecule has 3 aromatic rings. The van der Waals surface area contributed by atoms with Crippen molar-refractivity contribution in [1.82, 2.24) is 5.43 Å². The van der Waals surface area contributed by atoms with Gasteiger partial charge in [-0.3, -0.25) is 9.59 Å². The van der Waals surface area contributed by atoms with E-state index in [9.17, 15) is 9.59 Å². The van der Waals surface area contributed by atoms with Gasteiger partial charge in [0.25, 0.3) is 11.8 Å².